The number of nitriles is 1. The average molecular weight is 556 g/mol. The molecule has 1 unspecified atom stereocenters. The largest absolute Gasteiger partial charge is 0.309 e. The highest BCUT2D eigenvalue weighted by Crippen LogP contribution is 2.40. The summed E-state index contributed by atoms with van der Waals surface area (Å²) >= 11 is 0. The highest BCUT2D eigenvalue weighted by Gasteiger charge is 2.46. The van der Waals surface area contributed by atoms with Crippen molar-refractivity contribution in [3.8, 4) is 22.9 Å². The molecule has 0 spiro atoms. The molecule has 1 atom stereocenters. The van der Waals surface area contributed by atoms with Crippen LogP contribution in [-0.4, -0.2) is 12.6 Å². The number of fused-ring (bicyclic) bond motifs is 6. The summed E-state index contributed by atoms with van der Waals surface area (Å²) in [5.41, 5.74) is 6.24. The van der Waals surface area contributed by atoms with E-state index in [1.165, 1.54) is 26.9 Å². The molecule has 0 aliphatic carbocycles. The van der Waals surface area contributed by atoms with Gasteiger partial charge in [0, 0.05) is 16.5 Å². The van der Waals surface area contributed by atoms with Gasteiger partial charge in [-0.1, -0.05) is 115 Å². The molecule has 0 saturated carbocycles. The third kappa shape index (κ3) is 4.01. The Morgan fingerprint density at radius 1 is 0.929 bits per heavy atom. The van der Waals surface area contributed by atoms with Crippen LogP contribution in [0.3, 0.4) is 0 Å². The van der Waals surface area contributed by atoms with Crippen LogP contribution in [0.25, 0.3) is 43.5 Å². The summed E-state index contributed by atoms with van der Waals surface area (Å²) in [6.45, 7) is 18.1. The van der Waals surface area contributed by atoms with Crippen LogP contribution in [0.4, 0.5) is 5.69 Å². The fraction of sp³-hybridized carbons (Fsp3) is 0.0526. The second kappa shape index (κ2) is 10.9. The predicted octanol–water partition coefficient (Wildman–Crippen LogP) is 8.72. The van der Waals surface area contributed by atoms with E-state index in [1.54, 1.807) is 6.07 Å². The van der Waals surface area contributed by atoms with Crippen molar-refractivity contribution in [1.82, 2.24) is 4.57 Å². The first kappa shape index (κ1) is 26.8. The maximum absolute atomic E-state index is 9.78. The number of allylic oxidation sites excluding steroid dienone is 8. The van der Waals surface area contributed by atoms with Crippen LogP contribution in [0.15, 0.2) is 140 Å². The molecule has 1 aromatic heterocycles. The molecule has 42 heavy (non-hydrogen) atoms. The molecule has 6 rings (SSSR count). The van der Waals surface area contributed by atoms with E-state index in [0.717, 1.165) is 33.3 Å². The lowest BCUT2D eigenvalue weighted by atomic mass is 10.0. The summed E-state index contributed by atoms with van der Waals surface area (Å²) in [5, 5.41) is 16.0. The Labute approximate surface area is 247 Å². The topological polar surface area (TPSA) is 33.1 Å². The number of rotatable bonds is 7. The molecule has 0 fully saturated rings. The molecule has 3 nitrogen and oxygen atoms in total. The van der Waals surface area contributed by atoms with Crippen molar-refractivity contribution in [2.45, 2.75) is 13.0 Å². The van der Waals surface area contributed by atoms with E-state index in [0.29, 0.717) is 11.3 Å². The minimum atomic E-state index is -2.50. The SMILES string of the molecule is [C-]#[N+]c1ccc(-n2c3ccccc3c3cc4c(cc32)-c2ccccc2[Si]4(C/C=C\C=C/C)C(=C)/C=C\C=C)cc1C#N. The number of aromatic nitrogens is 1. The van der Waals surface area contributed by atoms with Crippen LogP contribution in [0, 0.1) is 17.9 Å². The predicted molar refractivity (Wildman–Crippen MR) is 179 cm³/mol. The monoisotopic (exact) mass is 555 g/mol. The highest BCUT2D eigenvalue weighted by atomic mass is 28.3. The van der Waals surface area contributed by atoms with Gasteiger partial charge >= 0.3 is 0 Å². The van der Waals surface area contributed by atoms with Crippen molar-refractivity contribution in [3.63, 3.8) is 0 Å². The van der Waals surface area contributed by atoms with E-state index in [9.17, 15) is 5.26 Å². The molecule has 200 valence electrons. The summed E-state index contributed by atoms with van der Waals surface area (Å²) in [6, 6.07) is 30.6. The van der Waals surface area contributed by atoms with Crippen molar-refractivity contribution in [2.75, 3.05) is 0 Å². The van der Waals surface area contributed by atoms with Gasteiger partial charge < -0.3 is 4.57 Å². The highest BCUT2D eigenvalue weighted by molar-refractivity contribution is 7.11. The van der Waals surface area contributed by atoms with Gasteiger partial charge in [-0.05, 0) is 58.7 Å². The van der Waals surface area contributed by atoms with Crippen LogP contribution in [-0.2, 0) is 0 Å². The molecular weight excluding hydrogens is 527 g/mol. The second-order valence-corrected chi connectivity index (χ2v) is 14.4. The van der Waals surface area contributed by atoms with Gasteiger partial charge in [-0.15, -0.1) is 0 Å². The molecule has 0 radical (unpaired) electrons. The van der Waals surface area contributed by atoms with Crippen LogP contribution >= 0.6 is 0 Å². The summed E-state index contributed by atoms with van der Waals surface area (Å²) in [4.78, 5) is 3.54. The molecule has 4 aromatic carbocycles. The van der Waals surface area contributed by atoms with Gasteiger partial charge in [0.15, 0.2) is 8.07 Å². The van der Waals surface area contributed by atoms with E-state index in [-0.39, 0.29) is 0 Å². The maximum atomic E-state index is 9.78. The summed E-state index contributed by atoms with van der Waals surface area (Å²) in [7, 11) is -2.50. The van der Waals surface area contributed by atoms with Crippen LogP contribution in [0.5, 0.6) is 0 Å². The Bertz CT molecular complexity index is 2090. The van der Waals surface area contributed by atoms with E-state index in [2.05, 4.69) is 114 Å². The smallest absolute Gasteiger partial charge is 0.204 e. The first-order chi connectivity index (χ1) is 20.6. The molecule has 0 bridgehead atoms. The Hall–Kier alpha value is -5.42. The first-order valence-electron chi connectivity index (χ1n) is 13.9. The Morgan fingerprint density at radius 2 is 1.74 bits per heavy atom. The first-order valence-corrected chi connectivity index (χ1v) is 16.2. The van der Waals surface area contributed by atoms with Crippen molar-refractivity contribution in [2.24, 2.45) is 0 Å². The van der Waals surface area contributed by atoms with Crippen molar-refractivity contribution < 1.29 is 0 Å². The lowest BCUT2D eigenvalue weighted by Gasteiger charge is -2.30. The Morgan fingerprint density at radius 3 is 2.52 bits per heavy atom. The third-order valence-electron chi connectivity index (χ3n) is 8.27. The zero-order chi connectivity index (χ0) is 29.3. The van der Waals surface area contributed by atoms with Gasteiger partial charge in [0.25, 0.3) is 0 Å². The molecular formula is C38H29N3Si. The number of para-hydroxylation sites is 1. The van der Waals surface area contributed by atoms with Gasteiger partial charge in [-0.3, -0.25) is 0 Å². The maximum Gasteiger partial charge on any atom is 0.204 e. The zero-order valence-corrected chi connectivity index (χ0v) is 24.5. The third-order valence-corrected chi connectivity index (χ3v) is 13.1. The molecule has 1 aliphatic heterocycles. The normalized spacial score (nSPS) is 15.8. The molecule has 5 aromatic rings. The lowest BCUT2D eigenvalue weighted by Crippen LogP contribution is -2.56. The van der Waals surface area contributed by atoms with Gasteiger partial charge in [0.1, 0.15) is 0 Å². The van der Waals surface area contributed by atoms with Crippen LogP contribution in [0.1, 0.15) is 12.5 Å². The van der Waals surface area contributed by atoms with Crippen molar-refractivity contribution in [3.05, 3.63) is 157 Å². The van der Waals surface area contributed by atoms with Gasteiger partial charge in [0.05, 0.1) is 29.2 Å². The van der Waals surface area contributed by atoms with Gasteiger partial charge in [-0.25, -0.2) is 4.85 Å². The number of nitrogens with zero attached hydrogens (tertiary/aromatic N) is 3. The standard InChI is InChI=1S/C38H29N3Si/c1-5-7-9-14-22-42(27(3)15-8-6-2)37-19-13-11-17-31(37)33-24-36-32(25-38(33)42)30-16-10-12-18-35(30)41(36)29-20-21-34(40-4)28(23-29)26-39/h5-21,23-25H,2-3,22H2,1H3/b7-5-,14-9-,15-8-. The second-order valence-electron chi connectivity index (χ2n) is 10.4. The van der Waals surface area contributed by atoms with E-state index >= 15 is 0 Å². The molecule has 2 heterocycles. The zero-order valence-electron chi connectivity index (χ0n) is 23.5. The number of hydrogen-bond donors (Lipinski definition) is 0. The molecule has 1 aliphatic rings. The van der Waals surface area contributed by atoms with Crippen LogP contribution < -0.4 is 10.4 Å². The van der Waals surface area contributed by atoms with Crippen molar-refractivity contribution >= 4 is 45.9 Å². The molecule has 0 amide bonds. The number of hydrogen-bond acceptors (Lipinski definition) is 1. The Balaban J connectivity index is 1.72. The Kier molecular flexibility index (Phi) is 6.93. The minimum absolute atomic E-state index is 0.365. The molecule has 0 N–H and O–H groups in total. The summed E-state index contributed by atoms with van der Waals surface area (Å²) in [5.74, 6) is 0. The molecule has 0 saturated heterocycles. The van der Waals surface area contributed by atoms with E-state index in [4.69, 9.17) is 6.57 Å². The molecule has 4 heteroatoms. The lowest BCUT2D eigenvalue weighted by molar-refractivity contribution is 1.18. The fourth-order valence-corrected chi connectivity index (χ4v) is 11.1. The summed E-state index contributed by atoms with van der Waals surface area (Å²) in [6.07, 6.45) is 14.5. The van der Waals surface area contributed by atoms with E-state index in [1.807, 2.05) is 37.3 Å². The van der Waals surface area contributed by atoms with Crippen molar-refractivity contribution in [1.29, 1.82) is 5.26 Å². The number of benzene rings is 4. The van der Waals surface area contributed by atoms with Crippen LogP contribution in [0.2, 0.25) is 6.04 Å². The average Bonchev–Trinajstić information content (AvgIpc) is 3.50. The van der Waals surface area contributed by atoms with E-state index < -0.39 is 8.07 Å². The fourth-order valence-electron chi connectivity index (χ4n) is 6.41. The van der Waals surface area contributed by atoms with Gasteiger partial charge in [0.2, 0.25) is 5.69 Å². The summed E-state index contributed by atoms with van der Waals surface area (Å²) < 4.78 is 2.22. The quantitative estimate of drug-likeness (QED) is 0.112. The minimum Gasteiger partial charge on any atom is -0.309 e. The van der Waals surface area contributed by atoms with Gasteiger partial charge in [-0.2, -0.15) is 5.26 Å².